The molecule has 0 fully saturated rings. The lowest BCUT2D eigenvalue weighted by molar-refractivity contribution is -0.119. The van der Waals surface area contributed by atoms with E-state index in [9.17, 15) is 13.2 Å². The number of benzene rings is 2. The lowest BCUT2D eigenvalue weighted by Gasteiger charge is -2.25. The monoisotopic (exact) mass is 360 g/mol. The zero-order valence-corrected chi connectivity index (χ0v) is 15.6. The van der Waals surface area contributed by atoms with Gasteiger partial charge in [-0.3, -0.25) is 9.10 Å². The molecule has 2 aromatic rings. The number of hydrogen-bond donors (Lipinski definition) is 1. The highest BCUT2D eigenvalue weighted by Gasteiger charge is 2.27. The Hall–Kier alpha value is -2.34. The fraction of sp³-hybridized carbons (Fsp3) is 0.316. The first-order valence-electron chi connectivity index (χ1n) is 8.28. The van der Waals surface area contributed by atoms with Crippen molar-refractivity contribution in [1.82, 2.24) is 5.32 Å². The smallest absolute Gasteiger partial charge is 0.264 e. The van der Waals surface area contributed by atoms with Crippen LogP contribution in [0.1, 0.15) is 24.5 Å². The van der Waals surface area contributed by atoms with E-state index in [1.165, 1.54) is 16.4 Å². The summed E-state index contributed by atoms with van der Waals surface area (Å²) in [6.07, 6.45) is 0.792. The largest absolute Gasteiger partial charge is 0.355 e. The Morgan fingerprint density at radius 2 is 1.76 bits per heavy atom. The van der Waals surface area contributed by atoms with Crippen LogP contribution in [0, 0.1) is 13.8 Å². The van der Waals surface area contributed by atoms with E-state index in [4.69, 9.17) is 0 Å². The van der Waals surface area contributed by atoms with Crippen molar-refractivity contribution in [2.24, 2.45) is 0 Å². The van der Waals surface area contributed by atoms with Crippen LogP contribution in [0.4, 0.5) is 5.69 Å². The molecule has 0 saturated heterocycles. The molecule has 0 atom stereocenters. The fourth-order valence-corrected chi connectivity index (χ4v) is 4.06. The second-order valence-corrected chi connectivity index (χ2v) is 7.83. The molecule has 0 radical (unpaired) electrons. The second-order valence-electron chi connectivity index (χ2n) is 5.96. The van der Waals surface area contributed by atoms with Gasteiger partial charge in [0.2, 0.25) is 5.91 Å². The van der Waals surface area contributed by atoms with Gasteiger partial charge in [0.15, 0.2) is 0 Å². The van der Waals surface area contributed by atoms with Crippen molar-refractivity contribution < 1.29 is 13.2 Å². The minimum atomic E-state index is -3.84. The van der Waals surface area contributed by atoms with Crippen molar-refractivity contribution in [2.45, 2.75) is 32.1 Å². The zero-order chi connectivity index (χ0) is 18.4. The average Bonchev–Trinajstić information content (AvgIpc) is 2.59. The molecule has 0 bridgehead atoms. The second kappa shape index (κ2) is 8.16. The molecule has 1 amide bonds. The SMILES string of the molecule is CCCNC(=O)CN(c1ccc(C)cc1C)S(=O)(=O)c1ccccc1. The van der Waals surface area contributed by atoms with Crippen LogP contribution in [0.25, 0.3) is 0 Å². The number of hydrogen-bond acceptors (Lipinski definition) is 3. The molecule has 2 rings (SSSR count). The third kappa shape index (κ3) is 4.60. The summed E-state index contributed by atoms with van der Waals surface area (Å²) in [4.78, 5) is 12.4. The summed E-state index contributed by atoms with van der Waals surface area (Å²) in [5, 5.41) is 2.74. The first-order valence-corrected chi connectivity index (χ1v) is 9.72. The number of amides is 1. The van der Waals surface area contributed by atoms with E-state index in [0.29, 0.717) is 12.2 Å². The summed E-state index contributed by atoms with van der Waals surface area (Å²) in [6.45, 7) is 6.01. The summed E-state index contributed by atoms with van der Waals surface area (Å²) in [7, 11) is -3.84. The predicted octanol–water partition coefficient (Wildman–Crippen LogP) is 3.02. The number of carbonyl (C=O) groups excluding carboxylic acids is 1. The van der Waals surface area contributed by atoms with Gasteiger partial charge in [0.05, 0.1) is 10.6 Å². The third-order valence-corrected chi connectivity index (χ3v) is 5.59. The maximum atomic E-state index is 13.1. The van der Waals surface area contributed by atoms with Crippen molar-refractivity contribution in [2.75, 3.05) is 17.4 Å². The molecular weight excluding hydrogens is 336 g/mol. The number of rotatable bonds is 7. The maximum absolute atomic E-state index is 13.1. The molecule has 0 saturated carbocycles. The zero-order valence-electron chi connectivity index (χ0n) is 14.8. The molecule has 0 aliphatic rings. The number of nitrogens with zero attached hydrogens (tertiary/aromatic N) is 1. The van der Waals surface area contributed by atoms with Crippen LogP contribution in [0.2, 0.25) is 0 Å². The lowest BCUT2D eigenvalue weighted by Crippen LogP contribution is -2.41. The quantitative estimate of drug-likeness (QED) is 0.825. The molecule has 0 aromatic heterocycles. The lowest BCUT2D eigenvalue weighted by atomic mass is 10.1. The Bertz CT molecular complexity index is 833. The van der Waals surface area contributed by atoms with Gasteiger partial charge in [-0.25, -0.2) is 8.42 Å². The number of aryl methyl sites for hydroxylation is 2. The van der Waals surface area contributed by atoms with Crippen LogP contribution in [-0.4, -0.2) is 27.4 Å². The fourth-order valence-electron chi connectivity index (χ4n) is 2.56. The van der Waals surface area contributed by atoms with Gasteiger partial charge in [-0.1, -0.05) is 42.8 Å². The summed E-state index contributed by atoms with van der Waals surface area (Å²) in [6, 6.07) is 13.7. The van der Waals surface area contributed by atoms with Gasteiger partial charge < -0.3 is 5.32 Å². The van der Waals surface area contributed by atoms with Crippen LogP contribution in [-0.2, 0) is 14.8 Å². The summed E-state index contributed by atoms with van der Waals surface area (Å²) in [5.74, 6) is -0.318. The highest BCUT2D eigenvalue weighted by atomic mass is 32.2. The Morgan fingerprint density at radius 3 is 2.36 bits per heavy atom. The molecule has 0 aliphatic carbocycles. The molecule has 6 heteroatoms. The van der Waals surface area contributed by atoms with E-state index in [1.807, 2.05) is 32.9 Å². The van der Waals surface area contributed by atoms with Gasteiger partial charge in [-0.05, 0) is 44.0 Å². The number of sulfonamides is 1. The number of anilines is 1. The molecule has 1 N–H and O–H groups in total. The van der Waals surface area contributed by atoms with Gasteiger partial charge in [0.25, 0.3) is 10.0 Å². The summed E-state index contributed by atoms with van der Waals surface area (Å²) >= 11 is 0. The molecule has 134 valence electrons. The van der Waals surface area contributed by atoms with E-state index < -0.39 is 10.0 Å². The molecule has 0 unspecified atom stereocenters. The molecular formula is C19H24N2O3S. The van der Waals surface area contributed by atoms with Gasteiger partial charge in [0.1, 0.15) is 6.54 Å². The standard InChI is InChI=1S/C19H24N2O3S/c1-4-12-20-19(22)14-21(18-11-10-15(2)13-16(18)3)25(23,24)17-8-6-5-7-9-17/h5-11,13H,4,12,14H2,1-3H3,(H,20,22). The van der Waals surface area contributed by atoms with Gasteiger partial charge in [-0.15, -0.1) is 0 Å². The molecule has 0 heterocycles. The summed E-state index contributed by atoms with van der Waals surface area (Å²) in [5.41, 5.74) is 2.36. The number of nitrogens with one attached hydrogen (secondary N) is 1. The van der Waals surface area contributed by atoms with Crippen molar-refractivity contribution in [3.05, 3.63) is 59.7 Å². The molecule has 2 aromatic carbocycles. The van der Waals surface area contributed by atoms with Crippen molar-refractivity contribution in [3.63, 3.8) is 0 Å². The minimum absolute atomic E-state index is 0.165. The van der Waals surface area contributed by atoms with Crippen molar-refractivity contribution in [1.29, 1.82) is 0 Å². The number of carbonyl (C=O) groups is 1. The average molecular weight is 360 g/mol. The molecule has 0 aliphatic heterocycles. The van der Waals surface area contributed by atoms with E-state index in [2.05, 4.69) is 5.32 Å². The molecule has 0 spiro atoms. The Kier molecular flexibility index (Phi) is 6.20. The third-order valence-electron chi connectivity index (χ3n) is 3.81. The van der Waals surface area contributed by atoms with E-state index in [-0.39, 0.29) is 17.3 Å². The van der Waals surface area contributed by atoms with Crippen LogP contribution in [0.15, 0.2) is 53.4 Å². The first-order chi connectivity index (χ1) is 11.9. The van der Waals surface area contributed by atoms with E-state index in [0.717, 1.165) is 17.5 Å². The Morgan fingerprint density at radius 1 is 1.08 bits per heavy atom. The minimum Gasteiger partial charge on any atom is -0.355 e. The summed E-state index contributed by atoms with van der Waals surface area (Å²) < 4.78 is 27.4. The van der Waals surface area contributed by atoms with Crippen LogP contribution >= 0.6 is 0 Å². The molecule has 25 heavy (non-hydrogen) atoms. The first kappa shape index (κ1) is 19.0. The van der Waals surface area contributed by atoms with Crippen LogP contribution in [0.5, 0.6) is 0 Å². The van der Waals surface area contributed by atoms with E-state index in [1.54, 1.807) is 24.3 Å². The van der Waals surface area contributed by atoms with Crippen LogP contribution < -0.4 is 9.62 Å². The van der Waals surface area contributed by atoms with Crippen molar-refractivity contribution >= 4 is 21.6 Å². The molecule has 5 nitrogen and oxygen atoms in total. The topological polar surface area (TPSA) is 66.5 Å². The van der Waals surface area contributed by atoms with Gasteiger partial charge in [-0.2, -0.15) is 0 Å². The van der Waals surface area contributed by atoms with E-state index >= 15 is 0 Å². The highest BCUT2D eigenvalue weighted by molar-refractivity contribution is 7.92. The highest BCUT2D eigenvalue weighted by Crippen LogP contribution is 2.27. The normalized spacial score (nSPS) is 11.2. The van der Waals surface area contributed by atoms with Gasteiger partial charge >= 0.3 is 0 Å². The Labute approximate surface area is 149 Å². The van der Waals surface area contributed by atoms with Gasteiger partial charge in [0, 0.05) is 6.54 Å². The van der Waals surface area contributed by atoms with Crippen LogP contribution in [0.3, 0.4) is 0 Å². The maximum Gasteiger partial charge on any atom is 0.264 e. The predicted molar refractivity (Wildman–Crippen MR) is 100 cm³/mol. The Balaban J connectivity index is 2.47. The van der Waals surface area contributed by atoms with Crippen molar-refractivity contribution in [3.8, 4) is 0 Å².